The van der Waals surface area contributed by atoms with E-state index in [1.165, 1.54) is 0 Å². The molecule has 2 heteroatoms. The lowest BCUT2D eigenvalue weighted by atomic mass is 10.1. The third kappa shape index (κ3) is 3.85. The Morgan fingerprint density at radius 1 is 1.40 bits per heavy atom. The highest BCUT2D eigenvalue weighted by atomic mass is 16.5. The third-order valence-corrected chi connectivity index (χ3v) is 1.67. The van der Waals surface area contributed by atoms with E-state index in [9.17, 15) is 0 Å². The zero-order valence-corrected chi connectivity index (χ0v) is 7.13. The zero-order valence-electron chi connectivity index (χ0n) is 7.13. The Kier molecular flexibility index (Phi) is 5.64. The molecule has 0 fully saturated rings. The predicted molar refractivity (Wildman–Crippen MR) is 42.0 cm³/mol. The molecule has 0 spiro atoms. The Morgan fingerprint density at radius 2 is 2.00 bits per heavy atom. The van der Waals surface area contributed by atoms with Crippen LogP contribution >= 0.6 is 0 Å². The molecule has 0 aliphatic rings. The van der Waals surface area contributed by atoms with Crippen LogP contribution in [0.25, 0.3) is 0 Å². The van der Waals surface area contributed by atoms with Gasteiger partial charge in [0, 0.05) is 19.1 Å². The molecule has 2 nitrogen and oxygen atoms in total. The number of aliphatic hydroxyl groups excluding tert-OH is 1. The Balaban J connectivity index is 3.31. The van der Waals surface area contributed by atoms with Gasteiger partial charge in [-0.2, -0.15) is 0 Å². The van der Waals surface area contributed by atoms with Crippen molar-refractivity contribution in [2.45, 2.75) is 33.3 Å². The first kappa shape index (κ1) is 9.92. The SMILES string of the molecule is CCCOC(C)C(C)CO. The summed E-state index contributed by atoms with van der Waals surface area (Å²) in [4.78, 5) is 0. The van der Waals surface area contributed by atoms with Crippen LogP contribution < -0.4 is 0 Å². The molecule has 0 aliphatic carbocycles. The average Bonchev–Trinajstić information content (AvgIpc) is 1.98. The second-order valence-corrected chi connectivity index (χ2v) is 2.74. The van der Waals surface area contributed by atoms with Gasteiger partial charge in [0.05, 0.1) is 6.10 Å². The lowest BCUT2D eigenvalue weighted by molar-refractivity contribution is 0.0122. The fourth-order valence-corrected chi connectivity index (χ4v) is 0.616. The Labute approximate surface area is 63.2 Å². The Bertz CT molecular complexity index is 73.7. The topological polar surface area (TPSA) is 29.5 Å². The quantitative estimate of drug-likeness (QED) is 0.635. The van der Waals surface area contributed by atoms with Gasteiger partial charge >= 0.3 is 0 Å². The molecule has 0 amide bonds. The highest BCUT2D eigenvalue weighted by molar-refractivity contribution is 4.58. The molecule has 0 saturated heterocycles. The molecule has 10 heavy (non-hydrogen) atoms. The molecule has 0 aliphatic heterocycles. The number of hydrogen-bond donors (Lipinski definition) is 1. The van der Waals surface area contributed by atoms with Crippen molar-refractivity contribution in [1.29, 1.82) is 0 Å². The summed E-state index contributed by atoms with van der Waals surface area (Å²) >= 11 is 0. The fraction of sp³-hybridized carbons (Fsp3) is 1.00. The maximum absolute atomic E-state index is 8.72. The minimum absolute atomic E-state index is 0.185. The van der Waals surface area contributed by atoms with Crippen LogP contribution in [0.5, 0.6) is 0 Å². The van der Waals surface area contributed by atoms with Gasteiger partial charge in [-0.15, -0.1) is 0 Å². The summed E-state index contributed by atoms with van der Waals surface area (Å²) in [7, 11) is 0. The van der Waals surface area contributed by atoms with Crippen LogP contribution in [-0.2, 0) is 4.74 Å². The van der Waals surface area contributed by atoms with Gasteiger partial charge in [0.2, 0.25) is 0 Å². The Hall–Kier alpha value is -0.0800. The number of ether oxygens (including phenoxy) is 1. The average molecular weight is 146 g/mol. The van der Waals surface area contributed by atoms with E-state index in [1.807, 2.05) is 13.8 Å². The maximum atomic E-state index is 8.72. The lowest BCUT2D eigenvalue weighted by Gasteiger charge is -2.17. The summed E-state index contributed by atoms with van der Waals surface area (Å²) in [5.74, 6) is 0.256. The van der Waals surface area contributed by atoms with E-state index in [4.69, 9.17) is 9.84 Å². The van der Waals surface area contributed by atoms with Gasteiger partial charge in [-0.05, 0) is 13.3 Å². The van der Waals surface area contributed by atoms with Crippen molar-refractivity contribution in [3.05, 3.63) is 0 Å². The minimum atomic E-state index is 0.185. The summed E-state index contributed by atoms with van der Waals surface area (Å²) in [6.07, 6.45) is 1.23. The molecule has 0 radical (unpaired) electrons. The molecule has 2 atom stereocenters. The van der Waals surface area contributed by atoms with Crippen molar-refractivity contribution in [2.75, 3.05) is 13.2 Å². The van der Waals surface area contributed by atoms with Crippen molar-refractivity contribution in [1.82, 2.24) is 0 Å². The molecule has 1 N–H and O–H groups in total. The molecule has 0 aromatic heterocycles. The summed E-state index contributed by atoms with van der Waals surface area (Å²) in [5, 5.41) is 8.72. The van der Waals surface area contributed by atoms with Crippen molar-refractivity contribution >= 4 is 0 Å². The fourth-order valence-electron chi connectivity index (χ4n) is 0.616. The molecule has 62 valence electrons. The lowest BCUT2D eigenvalue weighted by Crippen LogP contribution is -2.21. The molecule has 0 aromatic carbocycles. The molecule has 0 aromatic rings. The summed E-state index contributed by atoms with van der Waals surface area (Å²) in [6.45, 7) is 7.07. The number of hydrogen-bond acceptors (Lipinski definition) is 2. The molecule has 0 heterocycles. The largest absolute Gasteiger partial charge is 0.396 e. The zero-order chi connectivity index (χ0) is 7.98. The van der Waals surface area contributed by atoms with Crippen molar-refractivity contribution in [3.63, 3.8) is 0 Å². The number of aliphatic hydroxyl groups is 1. The Morgan fingerprint density at radius 3 is 2.40 bits per heavy atom. The summed E-state index contributed by atoms with van der Waals surface area (Å²) < 4.78 is 5.38. The summed E-state index contributed by atoms with van der Waals surface area (Å²) in [5.41, 5.74) is 0. The minimum Gasteiger partial charge on any atom is -0.396 e. The van der Waals surface area contributed by atoms with Crippen LogP contribution in [0.1, 0.15) is 27.2 Å². The smallest absolute Gasteiger partial charge is 0.0594 e. The van der Waals surface area contributed by atoms with E-state index in [-0.39, 0.29) is 18.6 Å². The predicted octanol–water partition coefficient (Wildman–Crippen LogP) is 1.43. The van der Waals surface area contributed by atoms with Gasteiger partial charge in [0.15, 0.2) is 0 Å². The van der Waals surface area contributed by atoms with Crippen LogP contribution in [0.15, 0.2) is 0 Å². The van der Waals surface area contributed by atoms with Crippen LogP contribution in [0.3, 0.4) is 0 Å². The monoisotopic (exact) mass is 146 g/mol. The molecule has 0 bridgehead atoms. The van der Waals surface area contributed by atoms with Gasteiger partial charge in [-0.1, -0.05) is 13.8 Å². The first-order valence-corrected chi connectivity index (χ1v) is 3.94. The second-order valence-electron chi connectivity index (χ2n) is 2.74. The molecule has 0 saturated carbocycles. The first-order valence-electron chi connectivity index (χ1n) is 3.94. The highest BCUT2D eigenvalue weighted by Gasteiger charge is 2.09. The van der Waals surface area contributed by atoms with E-state index in [2.05, 4.69) is 6.92 Å². The molecule has 2 unspecified atom stereocenters. The van der Waals surface area contributed by atoms with Crippen LogP contribution in [0, 0.1) is 5.92 Å². The van der Waals surface area contributed by atoms with E-state index in [1.54, 1.807) is 0 Å². The van der Waals surface area contributed by atoms with Crippen LogP contribution in [0.2, 0.25) is 0 Å². The van der Waals surface area contributed by atoms with E-state index < -0.39 is 0 Å². The molecular formula is C8H18O2. The van der Waals surface area contributed by atoms with Crippen molar-refractivity contribution < 1.29 is 9.84 Å². The van der Waals surface area contributed by atoms with E-state index >= 15 is 0 Å². The highest BCUT2D eigenvalue weighted by Crippen LogP contribution is 2.05. The number of rotatable bonds is 5. The third-order valence-electron chi connectivity index (χ3n) is 1.67. The standard InChI is InChI=1S/C8H18O2/c1-4-5-10-8(3)7(2)6-9/h7-9H,4-6H2,1-3H3. The van der Waals surface area contributed by atoms with E-state index in [0.717, 1.165) is 13.0 Å². The van der Waals surface area contributed by atoms with Gasteiger partial charge in [0.1, 0.15) is 0 Å². The maximum Gasteiger partial charge on any atom is 0.0594 e. The molecule has 0 rings (SSSR count). The van der Waals surface area contributed by atoms with Crippen molar-refractivity contribution in [2.24, 2.45) is 5.92 Å². The van der Waals surface area contributed by atoms with Crippen LogP contribution in [0.4, 0.5) is 0 Å². The van der Waals surface area contributed by atoms with Crippen LogP contribution in [-0.4, -0.2) is 24.4 Å². The van der Waals surface area contributed by atoms with Gasteiger partial charge < -0.3 is 9.84 Å². The van der Waals surface area contributed by atoms with Gasteiger partial charge in [-0.3, -0.25) is 0 Å². The summed E-state index contributed by atoms with van der Waals surface area (Å²) in [6, 6.07) is 0. The van der Waals surface area contributed by atoms with E-state index in [0.29, 0.717) is 0 Å². The van der Waals surface area contributed by atoms with Gasteiger partial charge in [-0.25, -0.2) is 0 Å². The molecular weight excluding hydrogens is 128 g/mol. The van der Waals surface area contributed by atoms with Crippen molar-refractivity contribution in [3.8, 4) is 0 Å². The second kappa shape index (κ2) is 5.69. The van der Waals surface area contributed by atoms with Gasteiger partial charge in [0.25, 0.3) is 0 Å². The normalized spacial score (nSPS) is 16.8. The first-order chi connectivity index (χ1) is 4.72.